The number of halogens is 2. The maximum absolute atomic E-state index is 13.8. The van der Waals surface area contributed by atoms with Gasteiger partial charge in [-0.3, -0.25) is 4.79 Å². The smallest absolute Gasteiger partial charge is 0.321 e. The highest BCUT2D eigenvalue weighted by Crippen LogP contribution is 2.24. The molecule has 156 valence electrons. The van der Waals surface area contributed by atoms with Gasteiger partial charge in [-0.2, -0.15) is 0 Å². The number of nitrogens with one attached hydrogen (secondary N) is 2. The molecule has 1 aromatic rings. The van der Waals surface area contributed by atoms with E-state index in [2.05, 4.69) is 10.6 Å². The standard InChI is InChI=1S/C20H29FN4O2.ClH/c1-22-12-15-6-4-10-24(13-15)19(26)16-7-5-11-25(14-16)20(27)23-18-9-3-2-8-17(18)21;/h2-3,8-9,15-16,22H,4-7,10-14H2,1H3,(H,23,27);1H. The lowest BCUT2D eigenvalue weighted by Gasteiger charge is -2.38. The maximum Gasteiger partial charge on any atom is 0.321 e. The number of nitrogens with zero attached hydrogens (tertiary/aromatic N) is 2. The van der Waals surface area contributed by atoms with Crippen LogP contribution >= 0.6 is 12.4 Å². The molecule has 1 aromatic carbocycles. The normalized spacial score (nSPS) is 22.4. The van der Waals surface area contributed by atoms with Crippen LogP contribution in [-0.2, 0) is 4.79 Å². The molecule has 0 saturated carbocycles. The zero-order valence-corrected chi connectivity index (χ0v) is 17.1. The number of likely N-dealkylation sites (tertiary alicyclic amines) is 2. The number of para-hydroxylation sites is 1. The molecular formula is C20H30ClFN4O2. The molecular weight excluding hydrogens is 383 g/mol. The zero-order valence-electron chi connectivity index (χ0n) is 16.3. The van der Waals surface area contributed by atoms with Crippen LogP contribution in [0.1, 0.15) is 25.7 Å². The summed E-state index contributed by atoms with van der Waals surface area (Å²) in [7, 11) is 1.94. The number of benzene rings is 1. The predicted molar refractivity (Wildman–Crippen MR) is 110 cm³/mol. The van der Waals surface area contributed by atoms with Crippen molar-refractivity contribution in [1.29, 1.82) is 0 Å². The van der Waals surface area contributed by atoms with E-state index in [1.54, 1.807) is 17.0 Å². The molecule has 6 nitrogen and oxygen atoms in total. The molecule has 2 aliphatic rings. The monoisotopic (exact) mass is 412 g/mol. The summed E-state index contributed by atoms with van der Waals surface area (Å²) in [4.78, 5) is 29.1. The molecule has 0 spiro atoms. The van der Waals surface area contributed by atoms with E-state index >= 15 is 0 Å². The van der Waals surface area contributed by atoms with Crippen molar-refractivity contribution >= 4 is 30.0 Å². The molecule has 2 unspecified atom stereocenters. The number of urea groups is 1. The van der Waals surface area contributed by atoms with Crippen molar-refractivity contribution in [1.82, 2.24) is 15.1 Å². The zero-order chi connectivity index (χ0) is 19.2. The van der Waals surface area contributed by atoms with Gasteiger partial charge >= 0.3 is 6.03 Å². The fourth-order valence-corrected chi connectivity index (χ4v) is 4.10. The maximum atomic E-state index is 13.8. The fraction of sp³-hybridized carbons (Fsp3) is 0.600. The Morgan fingerprint density at radius 2 is 1.82 bits per heavy atom. The van der Waals surface area contributed by atoms with E-state index in [9.17, 15) is 14.0 Å². The quantitative estimate of drug-likeness (QED) is 0.799. The van der Waals surface area contributed by atoms with Crippen molar-refractivity contribution in [3.8, 4) is 0 Å². The number of anilines is 1. The third-order valence-corrected chi connectivity index (χ3v) is 5.50. The first-order chi connectivity index (χ1) is 13.1. The summed E-state index contributed by atoms with van der Waals surface area (Å²) in [6, 6.07) is 5.77. The number of piperidine rings is 2. The van der Waals surface area contributed by atoms with Gasteiger partial charge in [-0.1, -0.05) is 12.1 Å². The molecule has 0 aliphatic carbocycles. The predicted octanol–water partition coefficient (Wildman–Crippen LogP) is 2.95. The van der Waals surface area contributed by atoms with E-state index < -0.39 is 5.82 Å². The second-order valence-electron chi connectivity index (χ2n) is 7.55. The fourth-order valence-electron chi connectivity index (χ4n) is 4.10. The summed E-state index contributed by atoms with van der Waals surface area (Å²) in [5.41, 5.74) is 0.168. The van der Waals surface area contributed by atoms with Gasteiger partial charge in [-0.05, 0) is 57.3 Å². The van der Waals surface area contributed by atoms with Crippen molar-refractivity contribution in [2.45, 2.75) is 25.7 Å². The van der Waals surface area contributed by atoms with E-state index in [0.29, 0.717) is 19.0 Å². The molecule has 3 rings (SSSR count). The Hall–Kier alpha value is -1.86. The molecule has 28 heavy (non-hydrogen) atoms. The third-order valence-electron chi connectivity index (χ3n) is 5.50. The molecule has 0 bridgehead atoms. The van der Waals surface area contributed by atoms with Gasteiger partial charge in [0.15, 0.2) is 0 Å². The van der Waals surface area contributed by atoms with Crippen LogP contribution in [0.3, 0.4) is 0 Å². The second-order valence-corrected chi connectivity index (χ2v) is 7.55. The first-order valence-corrected chi connectivity index (χ1v) is 9.82. The number of hydrogen-bond acceptors (Lipinski definition) is 3. The molecule has 2 atom stereocenters. The van der Waals surface area contributed by atoms with Crippen LogP contribution in [0.2, 0.25) is 0 Å². The van der Waals surface area contributed by atoms with Gasteiger partial charge in [0.1, 0.15) is 5.82 Å². The molecule has 2 aliphatic heterocycles. The SMILES string of the molecule is CNCC1CCCN(C(=O)C2CCCN(C(=O)Nc3ccccc3F)C2)C1.Cl. The summed E-state index contributed by atoms with van der Waals surface area (Å²) in [6.07, 6.45) is 3.76. The Labute approximate surface area is 172 Å². The van der Waals surface area contributed by atoms with Gasteiger partial charge in [0.2, 0.25) is 5.91 Å². The van der Waals surface area contributed by atoms with E-state index in [1.165, 1.54) is 12.1 Å². The average Bonchev–Trinajstić information content (AvgIpc) is 2.70. The second kappa shape index (κ2) is 10.6. The van der Waals surface area contributed by atoms with Gasteiger partial charge in [0, 0.05) is 26.2 Å². The molecule has 8 heteroatoms. The lowest BCUT2D eigenvalue weighted by atomic mass is 9.93. The first-order valence-electron chi connectivity index (χ1n) is 9.82. The highest BCUT2D eigenvalue weighted by atomic mass is 35.5. The summed E-state index contributed by atoms with van der Waals surface area (Å²) >= 11 is 0. The minimum Gasteiger partial charge on any atom is -0.342 e. The molecule has 0 radical (unpaired) electrons. The number of carbonyl (C=O) groups excluding carboxylic acids is 2. The molecule has 2 fully saturated rings. The summed E-state index contributed by atoms with van der Waals surface area (Å²) < 4.78 is 13.8. The summed E-state index contributed by atoms with van der Waals surface area (Å²) in [5, 5.41) is 5.82. The molecule has 0 aromatic heterocycles. The Bertz CT molecular complexity index is 673. The lowest BCUT2D eigenvalue weighted by molar-refractivity contribution is -0.138. The molecule has 2 heterocycles. The largest absolute Gasteiger partial charge is 0.342 e. The van der Waals surface area contributed by atoms with Crippen LogP contribution in [0.15, 0.2) is 24.3 Å². The molecule has 3 amide bonds. The summed E-state index contributed by atoms with van der Waals surface area (Å²) in [6.45, 7) is 3.50. The Morgan fingerprint density at radius 1 is 1.11 bits per heavy atom. The highest BCUT2D eigenvalue weighted by Gasteiger charge is 2.33. The van der Waals surface area contributed by atoms with E-state index in [0.717, 1.165) is 45.3 Å². The topological polar surface area (TPSA) is 64.7 Å². The number of rotatable bonds is 4. The summed E-state index contributed by atoms with van der Waals surface area (Å²) in [5.74, 6) is 0.0220. The van der Waals surface area contributed by atoms with Crippen molar-refractivity contribution in [2.75, 3.05) is 45.1 Å². The third kappa shape index (κ3) is 5.58. The van der Waals surface area contributed by atoms with Crippen molar-refractivity contribution in [3.05, 3.63) is 30.1 Å². The first kappa shape index (κ1) is 22.4. The van der Waals surface area contributed by atoms with Gasteiger partial charge in [-0.25, -0.2) is 9.18 Å². The van der Waals surface area contributed by atoms with Crippen molar-refractivity contribution in [3.63, 3.8) is 0 Å². The Morgan fingerprint density at radius 3 is 2.57 bits per heavy atom. The number of amides is 3. The van der Waals surface area contributed by atoms with Gasteiger partial charge in [0.25, 0.3) is 0 Å². The van der Waals surface area contributed by atoms with Crippen LogP contribution in [0.5, 0.6) is 0 Å². The van der Waals surface area contributed by atoms with Crippen LogP contribution in [0, 0.1) is 17.7 Å². The highest BCUT2D eigenvalue weighted by molar-refractivity contribution is 5.90. The van der Waals surface area contributed by atoms with Crippen molar-refractivity contribution in [2.24, 2.45) is 11.8 Å². The van der Waals surface area contributed by atoms with Crippen LogP contribution in [0.25, 0.3) is 0 Å². The lowest BCUT2D eigenvalue weighted by Crippen LogP contribution is -2.50. The van der Waals surface area contributed by atoms with Crippen LogP contribution in [-0.4, -0.2) is 61.5 Å². The van der Waals surface area contributed by atoms with E-state index in [4.69, 9.17) is 0 Å². The minimum atomic E-state index is -0.459. The Balaban J connectivity index is 0.00000280. The number of hydrogen-bond donors (Lipinski definition) is 2. The van der Waals surface area contributed by atoms with Crippen LogP contribution < -0.4 is 10.6 Å². The minimum absolute atomic E-state index is 0. The van der Waals surface area contributed by atoms with E-state index in [1.807, 2.05) is 11.9 Å². The molecule has 2 N–H and O–H groups in total. The van der Waals surface area contributed by atoms with Crippen LogP contribution in [0.4, 0.5) is 14.9 Å². The number of carbonyl (C=O) groups is 2. The Kier molecular flexibility index (Phi) is 8.51. The molecule has 2 saturated heterocycles. The average molecular weight is 413 g/mol. The van der Waals surface area contributed by atoms with Gasteiger partial charge in [0.05, 0.1) is 11.6 Å². The van der Waals surface area contributed by atoms with E-state index in [-0.39, 0.29) is 36.0 Å². The van der Waals surface area contributed by atoms with Gasteiger partial charge in [-0.15, -0.1) is 12.4 Å². The van der Waals surface area contributed by atoms with Crippen molar-refractivity contribution < 1.29 is 14.0 Å². The van der Waals surface area contributed by atoms with Gasteiger partial charge < -0.3 is 20.4 Å².